The van der Waals surface area contributed by atoms with E-state index in [1.807, 2.05) is 0 Å². The molecule has 5 nitrogen and oxygen atoms in total. The summed E-state index contributed by atoms with van der Waals surface area (Å²) >= 11 is 0. The summed E-state index contributed by atoms with van der Waals surface area (Å²) in [7, 11) is 0. The van der Waals surface area contributed by atoms with Crippen LogP contribution < -0.4 is 5.32 Å². The van der Waals surface area contributed by atoms with Gasteiger partial charge in [-0.15, -0.1) is 0 Å². The number of halogens is 1. The second-order valence-electron chi connectivity index (χ2n) is 4.64. The van der Waals surface area contributed by atoms with E-state index >= 15 is 0 Å². The van der Waals surface area contributed by atoms with Crippen LogP contribution in [0.15, 0.2) is 18.2 Å². The molecule has 2 rings (SSSR count). The summed E-state index contributed by atoms with van der Waals surface area (Å²) in [5, 5.41) is 13.7. The third-order valence-corrected chi connectivity index (χ3v) is 3.20. The molecule has 0 aromatic heterocycles. The Balaban J connectivity index is 1.76. The molecule has 0 radical (unpaired) electrons. The average Bonchev–Trinajstić information content (AvgIpc) is 2.87. The highest BCUT2D eigenvalue weighted by molar-refractivity contribution is 5.34. The van der Waals surface area contributed by atoms with Crippen molar-refractivity contribution in [1.29, 1.82) is 0 Å². The number of rotatable bonds is 6. The van der Waals surface area contributed by atoms with Crippen LogP contribution in [0.4, 0.5) is 10.1 Å². The van der Waals surface area contributed by atoms with Crippen molar-refractivity contribution in [2.75, 3.05) is 13.2 Å². The normalized spacial score (nSPS) is 18.7. The summed E-state index contributed by atoms with van der Waals surface area (Å²) in [6.07, 6.45) is 3.50. The largest absolute Gasteiger partial charge is 0.378 e. The molecule has 0 bridgehead atoms. The van der Waals surface area contributed by atoms with E-state index in [0.29, 0.717) is 18.2 Å². The van der Waals surface area contributed by atoms with Gasteiger partial charge in [-0.3, -0.25) is 10.1 Å². The summed E-state index contributed by atoms with van der Waals surface area (Å²) in [4.78, 5) is 9.76. The second kappa shape index (κ2) is 6.58. The lowest BCUT2D eigenvalue weighted by molar-refractivity contribution is -0.387. The van der Waals surface area contributed by atoms with Gasteiger partial charge in [-0.25, -0.2) is 0 Å². The van der Waals surface area contributed by atoms with Gasteiger partial charge < -0.3 is 10.1 Å². The van der Waals surface area contributed by atoms with Gasteiger partial charge in [0.1, 0.15) is 0 Å². The summed E-state index contributed by atoms with van der Waals surface area (Å²) in [6.45, 7) is 2.14. The Morgan fingerprint density at radius 2 is 2.37 bits per heavy atom. The summed E-state index contributed by atoms with van der Waals surface area (Å²) in [6, 6.07) is 3.98. The fraction of sp³-hybridized carbons (Fsp3) is 0.538. The quantitative estimate of drug-likeness (QED) is 0.489. The topological polar surface area (TPSA) is 64.4 Å². The van der Waals surface area contributed by atoms with Crippen molar-refractivity contribution in [2.24, 2.45) is 0 Å². The lowest BCUT2D eigenvalue weighted by Crippen LogP contribution is -2.19. The van der Waals surface area contributed by atoms with Gasteiger partial charge in [0, 0.05) is 19.2 Å². The first-order valence-corrected chi connectivity index (χ1v) is 6.42. The van der Waals surface area contributed by atoms with E-state index in [2.05, 4.69) is 5.32 Å². The predicted octanol–water partition coefficient (Wildman–Crippen LogP) is 2.39. The van der Waals surface area contributed by atoms with Crippen LogP contribution in [-0.2, 0) is 11.3 Å². The molecule has 1 aliphatic rings. The average molecular weight is 268 g/mol. The molecule has 6 heteroatoms. The van der Waals surface area contributed by atoms with Crippen LogP contribution in [0.5, 0.6) is 0 Å². The molecule has 1 aromatic carbocycles. The van der Waals surface area contributed by atoms with E-state index in [1.165, 1.54) is 12.1 Å². The van der Waals surface area contributed by atoms with Crippen LogP contribution in [0.2, 0.25) is 0 Å². The number of nitrogens with zero attached hydrogens (tertiary/aromatic N) is 1. The molecule has 1 aromatic rings. The zero-order chi connectivity index (χ0) is 13.7. The first-order chi connectivity index (χ1) is 9.16. The maximum atomic E-state index is 13.4. The molecule has 1 N–H and O–H groups in total. The second-order valence-corrected chi connectivity index (χ2v) is 4.64. The molecule has 1 atom stereocenters. The van der Waals surface area contributed by atoms with Gasteiger partial charge in [0.25, 0.3) is 0 Å². The van der Waals surface area contributed by atoms with Gasteiger partial charge in [-0.2, -0.15) is 4.39 Å². The highest BCUT2D eigenvalue weighted by atomic mass is 19.1. The molecule has 0 amide bonds. The van der Waals surface area contributed by atoms with E-state index in [0.717, 1.165) is 32.4 Å². The molecule has 0 aliphatic carbocycles. The minimum absolute atomic E-state index is 0.334. The Labute approximate surface area is 110 Å². The number of hydrogen-bond donors (Lipinski definition) is 1. The first kappa shape index (κ1) is 13.9. The standard InChI is InChI=1S/C13H17FN2O3/c14-12-8-10(3-4-13(12)16(17)18)9-15-6-5-11-2-1-7-19-11/h3-4,8,11,15H,1-2,5-7,9H2. The zero-order valence-electron chi connectivity index (χ0n) is 10.6. The number of nitrogens with one attached hydrogen (secondary N) is 1. The van der Waals surface area contributed by atoms with Gasteiger partial charge in [-0.1, -0.05) is 6.07 Å². The van der Waals surface area contributed by atoms with Gasteiger partial charge >= 0.3 is 5.69 Å². The molecule has 1 fully saturated rings. The van der Waals surface area contributed by atoms with Crippen molar-refractivity contribution >= 4 is 5.69 Å². The fourth-order valence-corrected chi connectivity index (χ4v) is 2.18. The van der Waals surface area contributed by atoms with E-state index in [4.69, 9.17) is 4.74 Å². The summed E-state index contributed by atoms with van der Waals surface area (Å²) in [5.41, 5.74) is 0.221. The molecular formula is C13H17FN2O3. The van der Waals surface area contributed by atoms with Crippen LogP contribution in [0.25, 0.3) is 0 Å². The van der Waals surface area contributed by atoms with Crippen LogP contribution in [0.3, 0.4) is 0 Å². The third kappa shape index (κ3) is 3.97. The number of ether oxygens (including phenoxy) is 1. The lowest BCUT2D eigenvalue weighted by Gasteiger charge is -2.10. The minimum atomic E-state index is -0.788. The van der Waals surface area contributed by atoms with Crippen LogP contribution >= 0.6 is 0 Å². The Morgan fingerprint density at radius 1 is 1.53 bits per heavy atom. The van der Waals surface area contributed by atoms with E-state index in [-0.39, 0.29) is 0 Å². The SMILES string of the molecule is O=[N+]([O-])c1ccc(CNCCC2CCCO2)cc1F. The van der Waals surface area contributed by atoms with Crippen molar-refractivity contribution in [1.82, 2.24) is 5.32 Å². The predicted molar refractivity (Wildman–Crippen MR) is 68.4 cm³/mol. The van der Waals surface area contributed by atoms with Crippen LogP contribution in [0.1, 0.15) is 24.8 Å². The summed E-state index contributed by atoms with van der Waals surface area (Å²) < 4.78 is 18.9. The van der Waals surface area contributed by atoms with Crippen molar-refractivity contribution < 1.29 is 14.1 Å². The Morgan fingerprint density at radius 3 is 3.00 bits per heavy atom. The monoisotopic (exact) mass is 268 g/mol. The molecule has 1 heterocycles. The highest BCUT2D eigenvalue weighted by Gasteiger charge is 2.15. The van der Waals surface area contributed by atoms with Crippen molar-refractivity contribution in [2.45, 2.75) is 31.9 Å². The summed E-state index contributed by atoms with van der Waals surface area (Å²) in [5.74, 6) is -0.788. The number of benzene rings is 1. The highest BCUT2D eigenvalue weighted by Crippen LogP contribution is 2.18. The van der Waals surface area contributed by atoms with E-state index in [1.54, 1.807) is 6.07 Å². The molecule has 1 unspecified atom stereocenters. The first-order valence-electron chi connectivity index (χ1n) is 6.42. The molecular weight excluding hydrogens is 251 g/mol. The molecule has 0 saturated carbocycles. The van der Waals surface area contributed by atoms with Gasteiger partial charge in [0.15, 0.2) is 0 Å². The molecule has 104 valence electrons. The zero-order valence-corrected chi connectivity index (χ0v) is 10.6. The Bertz CT molecular complexity index is 448. The van der Waals surface area contributed by atoms with E-state index < -0.39 is 16.4 Å². The molecule has 0 spiro atoms. The number of nitro benzene ring substituents is 1. The van der Waals surface area contributed by atoms with Crippen molar-refractivity contribution in [3.63, 3.8) is 0 Å². The molecule has 19 heavy (non-hydrogen) atoms. The van der Waals surface area contributed by atoms with Crippen LogP contribution in [-0.4, -0.2) is 24.2 Å². The fourth-order valence-electron chi connectivity index (χ4n) is 2.18. The Hall–Kier alpha value is -1.53. The molecule has 1 aliphatic heterocycles. The third-order valence-electron chi connectivity index (χ3n) is 3.20. The number of nitro groups is 1. The van der Waals surface area contributed by atoms with Crippen molar-refractivity contribution in [3.8, 4) is 0 Å². The smallest absolute Gasteiger partial charge is 0.304 e. The van der Waals surface area contributed by atoms with E-state index in [9.17, 15) is 14.5 Å². The maximum Gasteiger partial charge on any atom is 0.304 e. The lowest BCUT2D eigenvalue weighted by atomic mass is 10.1. The maximum absolute atomic E-state index is 13.4. The van der Waals surface area contributed by atoms with Gasteiger partial charge in [0.05, 0.1) is 11.0 Å². The minimum Gasteiger partial charge on any atom is -0.378 e. The molecule has 1 saturated heterocycles. The number of hydrogen-bond acceptors (Lipinski definition) is 4. The van der Waals surface area contributed by atoms with Crippen molar-refractivity contribution in [3.05, 3.63) is 39.7 Å². The van der Waals surface area contributed by atoms with Gasteiger partial charge in [0.2, 0.25) is 5.82 Å². The van der Waals surface area contributed by atoms with Crippen LogP contribution in [0, 0.1) is 15.9 Å². The Kier molecular flexibility index (Phi) is 4.81. The van der Waals surface area contributed by atoms with Gasteiger partial charge in [-0.05, 0) is 37.4 Å².